The number of aryl methyl sites for hydroxylation is 2. The number of hydrogen-bond acceptors (Lipinski definition) is 1. The van der Waals surface area contributed by atoms with Crippen LogP contribution in [-0.4, -0.2) is 7.05 Å². The predicted octanol–water partition coefficient (Wildman–Crippen LogP) is 4.62. The summed E-state index contributed by atoms with van der Waals surface area (Å²) < 4.78 is 1.24. The van der Waals surface area contributed by atoms with E-state index in [0.717, 1.165) is 29.6 Å². The molecule has 5 atom stereocenters. The monoisotopic (exact) mass is 333 g/mol. The molecular weight excluding hydrogens is 310 g/mol. The Hall–Kier alpha value is -0.340. The van der Waals surface area contributed by atoms with E-state index in [1.54, 1.807) is 6.42 Å². The van der Waals surface area contributed by atoms with E-state index < -0.39 is 0 Å². The van der Waals surface area contributed by atoms with Crippen molar-refractivity contribution < 1.29 is 0 Å². The van der Waals surface area contributed by atoms with Gasteiger partial charge in [0.25, 0.3) is 0 Å². The van der Waals surface area contributed by atoms with E-state index in [-0.39, 0.29) is 0 Å². The van der Waals surface area contributed by atoms with Crippen LogP contribution < -0.4 is 5.32 Å². The molecule has 1 aromatic carbocycles. The lowest BCUT2D eigenvalue weighted by molar-refractivity contribution is 0.384. The molecule has 0 spiro atoms. The highest BCUT2D eigenvalue weighted by atomic mass is 79.9. The highest BCUT2D eigenvalue weighted by molar-refractivity contribution is 9.10. The van der Waals surface area contributed by atoms with Gasteiger partial charge in [-0.15, -0.1) is 0 Å². The molecule has 0 saturated heterocycles. The summed E-state index contributed by atoms with van der Waals surface area (Å²) in [5.74, 6) is 5.10. The molecule has 1 N–H and O–H groups in total. The van der Waals surface area contributed by atoms with E-state index in [9.17, 15) is 0 Å². The molecule has 1 aromatic rings. The van der Waals surface area contributed by atoms with E-state index in [0.29, 0.717) is 6.04 Å². The van der Waals surface area contributed by atoms with E-state index in [1.165, 1.54) is 34.0 Å². The maximum atomic E-state index is 3.66. The third-order valence-corrected chi connectivity index (χ3v) is 7.23. The van der Waals surface area contributed by atoms with Crippen LogP contribution in [0.3, 0.4) is 0 Å². The van der Waals surface area contributed by atoms with Crippen molar-refractivity contribution in [1.82, 2.24) is 5.32 Å². The zero-order chi connectivity index (χ0) is 14.0. The summed E-state index contributed by atoms with van der Waals surface area (Å²) in [6.07, 6.45) is 4.56. The van der Waals surface area contributed by atoms with Gasteiger partial charge in [-0.25, -0.2) is 0 Å². The molecule has 2 heteroatoms. The maximum absolute atomic E-state index is 3.66. The van der Waals surface area contributed by atoms with Gasteiger partial charge in [0.2, 0.25) is 0 Å². The van der Waals surface area contributed by atoms with Gasteiger partial charge in [0.15, 0.2) is 0 Å². The molecule has 2 bridgehead atoms. The minimum atomic E-state index is 0.570. The van der Waals surface area contributed by atoms with Gasteiger partial charge in [-0.2, -0.15) is 0 Å². The second-order valence-electron chi connectivity index (χ2n) is 7.29. The zero-order valence-electron chi connectivity index (χ0n) is 12.6. The van der Waals surface area contributed by atoms with E-state index in [4.69, 9.17) is 0 Å². The van der Waals surface area contributed by atoms with Crippen LogP contribution in [0, 0.1) is 43.4 Å². The van der Waals surface area contributed by atoms with Crippen molar-refractivity contribution >= 4 is 15.9 Å². The van der Waals surface area contributed by atoms with Crippen LogP contribution in [0.25, 0.3) is 0 Å². The number of halogens is 1. The van der Waals surface area contributed by atoms with Crippen LogP contribution in [0.5, 0.6) is 0 Å². The van der Waals surface area contributed by atoms with Gasteiger partial charge in [-0.05, 0) is 92.5 Å². The van der Waals surface area contributed by atoms with Crippen molar-refractivity contribution in [3.05, 3.63) is 33.3 Å². The van der Waals surface area contributed by atoms with Gasteiger partial charge >= 0.3 is 0 Å². The summed E-state index contributed by atoms with van der Waals surface area (Å²) in [7, 11) is 2.15. The molecule has 0 amide bonds. The van der Waals surface area contributed by atoms with Crippen LogP contribution >= 0.6 is 15.9 Å². The van der Waals surface area contributed by atoms with Crippen LogP contribution in [0.4, 0.5) is 0 Å². The maximum Gasteiger partial charge on any atom is 0.0354 e. The van der Waals surface area contributed by atoms with Crippen LogP contribution in [-0.2, 0) is 0 Å². The lowest BCUT2D eigenvalue weighted by Crippen LogP contribution is -2.23. The fraction of sp³-hybridized carbons (Fsp3) is 0.667. The van der Waals surface area contributed by atoms with Gasteiger partial charge in [0, 0.05) is 10.5 Å². The van der Waals surface area contributed by atoms with Gasteiger partial charge in [0.05, 0.1) is 0 Å². The summed E-state index contributed by atoms with van der Waals surface area (Å²) in [5, 5.41) is 3.65. The van der Waals surface area contributed by atoms with Gasteiger partial charge in [-0.1, -0.05) is 22.0 Å². The third-order valence-electron chi connectivity index (χ3n) is 6.37. The zero-order valence-corrected chi connectivity index (χ0v) is 14.2. The normalized spacial score (nSPS) is 38.9. The summed E-state index contributed by atoms with van der Waals surface area (Å²) in [6, 6.07) is 5.26. The van der Waals surface area contributed by atoms with Crippen molar-refractivity contribution in [2.24, 2.45) is 29.6 Å². The molecule has 3 fully saturated rings. The van der Waals surface area contributed by atoms with Crippen molar-refractivity contribution in [3.63, 3.8) is 0 Å². The van der Waals surface area contributed by atoms with Gasteiger partial charge in [0.1, 0.15) is 0 Å². The molecule has 0 radical (unpaired) electrons. The van der Waals surface area contributed by atoms with E-state index in [1.807, 2.05) is 0 Å². The molecule has 3 aliphatic rings. The van der Waals surface area contributed by atoms with Crippen molar-refractivity contribution in [3.8, 4) is 0 Å². The third kappa shape index (κ3) is 1.77. The Morgan fingerprint density at radius 3 is 2.35 bits per heavy atom. The smallest absolute Gasteiger partial charge is 0.0354 e. The molecule has 20 heavy (non-hydrogen) atoms. The summed E-state index contributed by atoms with van der Waals surface area (Å²) in [5.41, 5.74) is 4.32. The lowest BCUT2D eigenvalue weighted by atomic mass is 9.90. The first-order chi connectivity index (χ1) is 9.61. The largest absolute Gasteiger partial charge is 0.313 e. The van der Waals surface area contributed by atoms with Crippen molar-refractivity contribution in [1.29, 1.82) is 0 Å². The Balaban J connectivity index is 1.65. The Morgan fingerprint density at radius 1 is 1.10 bits per heavy atom. The standard InChI is InChI=1S/C18H24BrN/c1-9-7-14(19)10(2)6-13(9)18(20-3)17-15-11-4-5-12(8-11)16(15)17/h6-7,11-12,15-18,20H,4-5,8H2,1-3H3. The van der Waals surface area contributed by atoms with Crippen LogP contribution in [0.1, 0.15) is 42.0 Å². The Bertz CT molecular complexity index is 537. The Kier molecular flexibility index (Phi) is 3.05. The molecule has 3 saturated carbocycles. The minimum absolute atomic E-state index is 0.570. The molecule has 4 rings (SSSR count). The van der Waals surface area contributed by atoms with Crippen molar-refractivity contribution in [2.75, 3.05) is 7.05 Å². The molecular formula is C18H24BrN. The quantitative estimate of drug-likeness (QED) is 0.851. The number of hydrogen-bond donors (Lipinski definition) is 1. The summed E-state index contributed by atoms with van der Waals surface area (Å²) >= 11 is 3.66. The summed E-state index contributed by atoms with van der Waals surface area (Å²) in [6.45, 7) is 4.47. The second kappa shape index (κ2) is 4.58. The first-order valence-electron chi connectivity index (χ1n) is 8.05. The summed E-state index contributed by atoms with van der Waals surface area (Å²) in [4.78, 5) is 0. The highest BCUT2D eigenvalue weighted by Crippen LogP contribution is 2.72. The second-order valence-corrected chi connectivity index (χ2v) is 8.14. The number of nitrogens with one attached hydrogen (secondary N) is 1. The van der Waals surface area contributed by atoms with E-state index >= 15 is 0 Å². The lowest BCUT2D eigenvalue weighted by Gasteiger charge is -2.23. The predicted molar refractivity (Wildman–Crippen MR) is 86.7 cm³/mol. The van der Waals surface area contributed by atoms with Crippen molar-refractivity contribution in [2.45, 2.75) is 39.2 Å². The molecule has 0 heterocycles. The molecule has 5 unspecified atom stereocenters. The van der Waals surface area contributed by atoms with Crippen LogP contribution in [0.15, 0.2) is 16.6 Å². The molecule has 1 nitrogen and oxygen atoms in total. The number of rotatable bonds is 3. The number of fused-ring (bicyclic) bond motifs is 5. The van der Waals surface area contributed by atoms with Gasteiger partial charge < -0.3 is 5.32 Å². The fourth-order valence-electron chi connectivity index (χ4n) is 5.53. The number of benzene rings is 1. The fourth-order valence-corrected chi connectivity index (χ4v) is 5.99. The highest BCUT2D eigenvalue weighted by Gasteiger charge is 2.66. The topological polar surface area (TPSA) is 12.0 Å². The average molecular weight is 334 g/mol. The molecule has 3 aliphatic carbocycles. The van der Waals surface area contributed by atoms with E-state index in [2.05, 4.69) is 54.3 Å². The first kappa shape index (κ1) is 13.3. The van der Waals surface area contributed by atoms with Crippen LogP contribution in [0.2, 0.25) is 0 Å². The molecule has 0 aliphatic heterocycles. The Morgan fingerprint density at radius 2 is 1.75 bits per heavy atom. The molecule has 0 aromatic heterocycles. The average Bonchev–Trinajstić information content (AvgIpc) is 2.84. The molecule has 108 valence electrons. The Labute approximate surface area is 130 Å². The van der Waals surface area contributed by atoms with Gasteiger partial charge in [-0.3, -0.25) is 0 Å². The SMILES string of the molecule is CNC(c1cc(C)c(Br)cc1C)C1C2C3CCC(C3)C21. The minimum Gasteiger partial charge on any atom is -0.313 e. The first-order valence-corrected chi connectivity index (χ1v) is 8.85.